The molecule has 1 atom stereocenters. The Morgan fingerprint density at radius 3 is 2.66 bits per heavy atom. The molecule has 1 aliphatic carbocycles. The average Bonchev–Trinajstić information content (AvgIpc) is 2.63. The van der Waals surface area contributed by atoms with Crippen LogP contribution in [0.15, 0.2) is 46.8 Å². The first-order chi connectivity index (χ1) is 13.7. The molecule has 1 aromatic carbocycles. The van der Waals surface area contributed by atoms with E-state index in [1.165, 1.54) is 0 Å². The summed E-state index contributed by atoms with van der Waals surface area (Å²) in [6.45, 7) is 8.56. The maximum absolute atomic E-state index is 13.2. The van der Waals surface area contributed by atoms with E-state index in [0.29, 0.717) is 29.2 Å². The third-order valence-electron chi connectivity index (χ3n) is 5.66. The Morgan fingerprint density at radius 2 is 1.97 bits per heavy atom. The molecular formula is C24H30ClNO3. The molecule has 0 saturated carbocycles. The van der Waals surface area contributed by atoms with Crippen molar-refractivity contribution in [2.75, 3.05) is 6.61 Å². The number of nitrogens with one attached hydrogen (secondary N) is 1. The number of unbranched alkanes of at least 4 members (excludes halogenated alkanes) is 2. The second kappa shape index (κ2) is 8.74. The van der Waals surface area contributed by atoms with E-state index in [4.69, 9.17) is 16.3 Å². The molecule has 1 aliphatic heterocycles. The van der Waals surface area contributed by atoms with Gasteiger partial charge in [-0.05, 0) is 36.8 Å². The summed E-state index contributed by atoms with van der Waals surface area (Å²) in [6.07, 6.45) is 4.11. The number of Topliss-reactive ketones (excluding diaryl/α,β-unsaturated/α-hetero) is 1. The number of benzene rings is 1. The van der Waals surface area contributed by atoms with E-state index < -0.39 is 5.92 Å². The van der Waals surface area contributed by atoms with Crippen LogP contribution >= 0.6 is 11.6 Å². The van der Waals surface area contributed by atoms with Crippen LogP contribution in [0, 0.1) is 5.41 Å². The van der Waals surface area contributed by atoms with Gasteiger partial charge < -0.3 is 10.1 Å². The number of hydrogen-bond acceptors (Lipinski definition) is 4. The Morgan fingerprint density at radius 1 is 1.24 bits per heavy atom. The third-order valence-corrected chi connectivity index (χ3v) is 6.00. The lowest BCUT2D eigenvalue weighted by atomic mass is 9.68. The Kier molecular flexibility index (Phi) is 6.52. The van der Waals surface area contributed by atoms with Crippen molar-refractivity contribution in [2.24, 2.45) is 5.41 Å². The minimum Gasteiger partial charge on any atom is -0.462 e. The largest absolute Gasteiger partial charge is 0.462 e. The molecule has 0 bridgehead atoms. The van der Waals surface area contributed by atoms with E-state index >= 15 is 0 Å². The summed E-state index contributed by atoms with van der Waals surface area (Å²) >= 11 is 6.53. The zero-order chi connectivity index (χ0) is 21.2. The number of esters is 1. The second-order valence-electron chi connectivity index (χ2n) is 8.79. The molecular weight excluding hydrogens is 386 g/mol. The summed E-state index contributed by atoms with van der Waals surface area (Å²) in [4.78, 5) is 26.3. The molecule has 0 radical (unpaired) electrons. The van der Waals surface area contributed by atoms with Crippen molar-refractivity contribution < 1.29 is 14.3 Å². The molecule has 3 rings (SSSR count). The van der Waals surface area contributed by atoms with Crippen molar-refractivity contribution >= 4 is 23.4 Å². The number of dihydropyridines is 1. The minimum absolute atomic E-state index is 0.0671. The van der Waals surface area contributed by atoms with Gasteiger partial charge in [-0.25, -0.2) is 4.79 Å². The van der Waals surface area contributed by atoms with E-state index in [1.54, 1.807) is 6.07 Å². The number of ketones is 1. The minimum atomic E-state index is -0.498. The highest BCUT2D eigenvalue weighted by Crippen LogP contribution is 2.47. The zero-order valence-electron chi connectivity index (χ0n) is 17.7. The number of allylic oxidation sites excluding steroid dienone is 3. The fraction of sp³-hybridized carbons (Fsp3) is 0.500. The number of hydrogen-bond donors (Lipinski definition) is 1. The van der Waals surface area contributed by atoms with E-state index in [1.807, 2.05) is 25.1 Å². The van der Waals surface area contributed by atoms with Crippen molar-refractivity contribution in [3.63, 3.8) is 0 Å². The van der Waals surface area contributed by atoms with Crippen LogP contribution in [-0.2, 0) is 14.3 Å². The second-order valence-corrected chi connectivity index (χ2v) is 9.20. The molecule has 1 heterocycles. The van der Waals surface area contributed by atoms with E-state index in [9.17, 15) is 9.59 Å². The quantitative estimate of drug-likeness (QED) is 0.479. The van der Waals surface area contributed by atoms with E-state index in [2.05, 4.69) is 26.1 Å². The molecule has 0 unspecified atom stereocenters. The maximum Gasteiger partial charge on any atom is 0.336 e. The Labute approximate surface area is 178 Å². The summed E-state index contributed by atoms with van der Waals surface area (Å²) in [5.41, 5.74) is 3.43. The third kappa shape index (κ3) is 4.58. The van der Waals surface area contributed by atoms with Crippen LogP contribution in [0.1, 0.15) is 71.3 Å². The van der Waals surface area contributed by atoms with Gasteiger partial charge in [0.25, 0.3) is 0 Å². The van der Waals surface area contributed by atoms with Crippen LogP contribution in [0.5, 0.6) is 0 Å². The van der Waals surface area contributed by atoms with Crippen molar-refractivity contribution in [1.29, 1.82) is 0 Å². The van der Waals surface area contributed by atoms with Gasteiger partial charge in [-0.2, -0.15) is 0 Å². The predicted octanol–water partition coefficient (Wildman–Crippen LogP) is 5.68. The molecule has 0 saturated heterocycles. The molecule has 0 fully saturated rings. The van der Waals surface area contributed by atoms with Gasteiger partial charge in [-0.1, -0.05) is 63.4 Å². The average molecular weight is 416 g/mol. The normalized spacial score (nSPS) is 21.0. The number of halogens is 1. The summed E-state index contributed by atoms with van der Waals surface area (Å²) in [7, 11) is 0. The van der Waals surface area contributed by atoms with E-state index in [-0.39, 0.29) is 17.2 Å². The highest BCUT2D eigenvalue weighted by atomic mass is 35.5. The van der Waals surface area contributed by atoms with Crippen molar-refractivity contribution in [3.8, 4) is 0 Å². The van der Waals surface area contributed by atoms with Crippen molar-refractivity contribution in [1.82, 2.24) is 5.32 Å². The first-order valence-electron chi connectivity index (χ1n) is 10.4. The number of carbonyl (C=O) groups excluding carboxylic acids is 2. The summed E-state index contributed by atoms with van der Waals surface area (Å²) < 4.78 is 5.59. The lowest BCUT2D eigenvalue weighted by molar-refractivity contribution is -0.139. The van der Waals surface area contributed by atoms with Gasteiger partial charge in [-0.15, -0.1) is 0 Å². The fourth-order valence-corrected chi connectivity index (χ4v) is 4.57. The molecule has 5 heteroatoms. The topological polar surface area (TPSA) is 55.4 Å². The monoisotopic (exact) mass is 415 g/mol. The summed E-state index contributed by atoms with van der Waals surface area (Å²) in [5.74, 6) is -0.806. The first kappa shape index (κ1) is 21.6. The lowest BCUT2D eigenvalue weighted by Crippen LogP contribution is -2.38. The smallest absolute Gasteiger partial charge is 0.336 e. The molecule has 4 nitrogen and oxygen atoms in total. The molecule has 29 heavy (non-hydrogen) atoms. The van der Waals surface area contributed by atoms with Crippen LogP contribution < -0.4 is 5.32 Å². The Bertz CT molecular complexity index is 882. The van der Waals surface area contributed by atoms with Gasteiger partial charge in [0.1, 0.15) is 0 Å². The number of carbonyl (C=O) groups is 2. The highest BCUT2D eigenvalue weighted by Gasteiger charge is 2.43. The summed E-state index contributed by atoms with van der Waals surface area (Å²) in [6, 6.07) is 7.44. The Balaban J connectivity index is 2.05. The molecule has 0 spiro atoms. The van der Waals surface area contributed by atoms with Gasteiger partial charge in [-0.3, -0.25) is 4.79 Å². The van der Waals surface area contributed by atoms with Gasteiger partial charge >= 0.3 is 5.97 Å². The van der Waals surface area contributed by atoms with Gasteiger partial charge in [0.2, 0.25) is 0 Å². The van der Waals surface area contributed by atoms with Gasteiger partial charge in [0.15, 0.2) is 5.78 Å². The highest BCUT2D eigenvalue weighted by molar-refractivity contribution is 6.31. The molecule has 0 aromatic heterocycles. The Hall–Kier alpha value is -2.07. The SMILES string of the molecule is CCCCCOC(=O)C1=C(C)NC2=C(C(=O)CC(C)(C)C2)[C@@H]1c1ccccc1Cl. The summed E-state index contributed by atoms with van der Waals surface area (Å²) in [5, 5.41) is 3.90. The molecule has 2 aliphatic rings. The van der Waals surface area contributed by atoms with E-state index in [0.717, 1.165) is 42.6 Å². The van der Waals surface area contributed by atoms with Gasteiger partial charge in [0, 0.05) is 34.3 Å². The van der Waals surface area contributed by atoms with Crippen LogP contribution in [0.2, 0.25) is 5.02 Å². The molecule has 1 aromatic rings. The van der Waals surface area contributed by atoms with Crippen LogP contribution in [0.4, 0.5) is 0 Å². The number of ether oxygens (including phenoxy) is 1. The van der Waals surface area contributed by atoms with Crippen molar-refractivity contribution in [2.45, 2.75) is 65.7 Å². The van der Waals surface area contributed by atoms with Crippen LogP contribution in [0.3, 0.4) is 0 Å². The molecule has 156 valence electrons. The van der Waals surface area contributed by atoms with Gasteiger partial charge in [0.05, 0.1) is 12.2 Å². The number of rotatable bonds is 6. The van der Waals surface area contributed by atoms with Crippen LogP contribution in [-0.4, -0.2) is 18.4 Å². The zero-order valence-corrected chi connectivity index (χ0v) is 18.5. The molecule has 1 N–H and O–H groups in total. The fourth-order valence-electron chi connectivity index (χ4n) is 4.32. The van der Waals surface area contributed by atoms with Crippen LogP contribution in [0.25, 0.3) is 0 Å². The van der Waals surface area contributed by atoms with Crippen molar-refractivity contribution in [3.05, 3.63) is 57.4 Å². The standard InChI is InChI=1S/C24H30ClNO3/c1-5-6-9-12-29-23(28)20-15(2)26-18-13-24(3,4)14-19(27)22(18)21(20)16-10-7-8-11-17(16)25/h7-8,10-11,21,26H,5-6,9,12-14H2,1-4H3/t21-/m1/s1. The lowest BCUT2D eigenvalue weighted by Gasteiger charge is -2.39. The predicted molar refractivity (Wildman–Crippen MR) is 116 cm³/mol. The first-order valence-corrected chi connectivity index (χ1v) is 10.8. The molecule has 0 amide bonds. The maximum atomic E-state index is 13.2.